The number of halogens is 2. The Morgan fingerprint density at radius 1 is 1.21 bits per heavy atom. The zero-order chi connectivity index (χ0) is 10.1. The second-order valence-corrected chi connectivity index (χ2v) is 6.13. The van der Waals surface area contributed by atoms with Crippen molar-refractivity contribution in [3.63, 3.8) is 0 Å². The molecule has 1 heterocycles. The van der Waals surface area contributed by atoms with E-state index in [1.54, 1.807) is 0 Å². The van der Waals surface area contributed by atoms with Crippen LogP contribution in [-0.4, -0.2) is 26.3 Å². The number of hydrogen-bond acceptors (Lipinski definition) is 2. The summed E-state index contributed by atoms with van der Waals surface area (Å²) in [5.41, 5.74) is 0. The van der Waals surface area contributed by atoms with Crippen molar-refractivity contribution in [3.8, 4) is 0 Å². The highest BCUT2D eigenvalue weighted by atomic mass is 35.5. The quantitative estimate of drug-likeness (QED) is 0.529. The van der Waals surface area contributed by atoms with Crippen molar-refractivity contribution in [1.82, 2.24) is 4.31 Å². The Bertz CT molecular complexity index is 233. The van der Waals surface area contributed by atoms with E-state index < -0.39 is 5.38 Å². The fourth-order valence-corrected chi connectivity index (χ4v) is 3.74. The lowest BCUT2D eigenvalue weighted by Crippen LogP contribution is -2.35. The van der Waals surface area contributed by atoms with Gasteiger partial charge in [0.05, 0.1) is 0 Å². The van der Waals surface area contributed by atoms with E-state index in [-0.39, 0.29) is 10.6 Å². The summed E-state index contributed by atoms with van der Waals surface area (Å²) in [6, 6.07) is 0.367. The molecule has 0 radical (unpaired) electrons. The van der Waals surface area contributed by atoms with Gasteiger partial charge in [-0.2, -0.15) is 0 Å². The minimum atomic E-state index is -0.538. The molecule has 2 rings (SSSR count). The standard InChI is InChI=1S/C9H13Cl2NOS/c10-7-8(11)14-12(9(7)13)6-4-2-1-3-5-6/h6-8H,1-5H2. The fourth-order valence-electron chi connectivity index (χ4n) is 2.03. The lowest BCUT2D eigenvalue weighted by atomic mass is 9.95. The summed E-state index contributed by atoms with van der Waals surface area (Å²) in [5.74, 6) is 0.00330. The van der Waals surface area contributed by atoms with E-state index in [0.29, 0.717) is 6.04 Å². The zero-order valence-electron chi connectivity index (χ0n) is 7.79. The molecule has 2 nitrogen and oxygen atoms in total. The second-order valence-electron chi connectivity index (χ2n) is 3.81. The van der Waals surface area contributed by atoms with Gasteiger partial charge in [-0.25, -0.2) is 0 Å². The van der Waals surface area contributed by atoms with Crippen LogP contribution in [0, 0.1) is 0 Å². The first-order valence-electron chi connectivity index (χ1n) is 4.98. The minimum absolute atomic E-state index is 0.00330. The summed E-state index contributed by atoms with van der Waals surface area (Å²) in [6.07, 6.45) is 5.93. The summed E-state index contributed by atoms with van der Waals surface area (Å²) in [4.78, 5) is 11.7. The van der Waals surface area contributed by atoms with Crippen molar-refractivity contribution < 1.29 is 4.79 Å². The van der Waals surface area contributed by atoms with E-state index in [2.05, 4.69) is 0 Å². The lowest BCUT2D eigenvalue weighted by Gasteiger charge is -2.29. The van der Waals surface area contributed by atoms with Crippen molar-refractivity contribution in [2.45, 2.75) is 48.2 Å². The van der Waals surface area contributed by atoms with Crippen LogP contribution in [0.1, 0.15) is 32.1 Å². The SMILES string of the molecule is O=C1C(Cl)C(Cl)SN1C1CCCCC1. The van der Waals surface area contributed by atoms with Gasteiger partial charge in [0, 0.05) is 6.04 Å². The number of amides is 1. The number of nitrogens with zero attached hydrogens (tertiary/aromatic N) is 1. The van der Waals surface area contributed by atoms with Crippen LogP contribution in [-0.2, 0) is 4.79 Å². The molecule has 1 aliphatic carbocycles. The van der Waals surface area contributed by atoms with Gasteiger partial charge in [0.25, 0.3) is 5.91 Å². The third kappa shape index (κ3) is 2.00. The van der Waals surface area contributed by atoms with Gasteiger partial charge in [-0.15, -0.1) is 23.2 Å². The maximum atomic E-state index is 11.7. The molecule has 1 amide bonds. The molecule has 1 aliphatic heterocycles. The highest BCUT2D eigenvalue weighted by Crippen LogP contribution is 2.40. The number of alkyl halides is 2. The summed E-state index contributed by atoms with van der Waals surface area (Å²) in [5, 5.41) is -0.538. The van der Waals surface area contributed by atoms with Gasteiger partial charge in [0.15, 0.2) is 0 Å². The average molecular weight is 254 g/mol. The van der Waals surface area contributed by atoms with Crippen molar-refractivity contribution in [1.29, 1.82) is 0 Å². The largest absolute Gasteiger partial charge is 0.281 e. The van der Waals surface area contributed by atoms with E-state index in [0.717, 1.165) is 12.8 Å². The molecular formula is C9H13Cl2NOS. The monoisotopic (exact) mass is 253 g/mol. The average Bonchev–Trinajstić information content (AvgIpc) is 2.47. The van der Waals surface area contributed by atoms with Crippen LogP contribution in [0.2, 0.25) is 0 Å². The predicted molar refractivity (Wildman–Crippen MR) is 60.6 cm³/mol. The van der Waals surface area contributed by atoms with Crippen LogP contribution in [0.4, 0.5) is 0 Å². The maximum Gasteiger partial charge on any atom is 0.253 e. The molecule has 5 heteroatoms. The Kier molecular flexibility index (Phi) is 3.50. The molecule has 1 saturated carbocycles. The Hall–Kier alpha value is 0.400. The predicted octanol–water partition coefficient (Wildman–Crippen LogP) is 2.98. The van der Waals surface area contributed by atoms with Crippen LogP contribution in [0.25, 0.3) is 0 Å². The molecule has 2 unspecified atom stereocenters. The van der Waals surface area contributed by atoms with Crippen LogP contribution >= 0.6 is 35.1 Å². The lowest BCUT2D eigenvalue weighted by molar-refractivity contribution is -0.126. The molecule has 1 saturated heterocycles. The molecular weight excluding hydrogens is 241 g/mol. The Morgan fingerprint density at radius 2 is 1.86 bits per heavy atom. The smallest absolute Gasteiger partial charge is 0.253 e. The van der Waals surface area contributed by atoms with Crippen LogP contribution in [0.15, 0.2) is 0 Å². The molecule has 0 aromatic rings. The molecule has 0 bridgehead atoms. The van der Waals surface area contributed by atoms with Gasteiger partial charge in [0.2, 0.25) is 0 Å². The highest BCUT2D eigenvalue weighted by Gasteiger charge is 2.42. The maximum absolute atomic E-state index is 11.7. The number of carbonyl (C=O) groups excluding carboxylic acids is 1. The molecule has 0 aromatic carbocycles. The number of rotatable bonds is 1. The molecule has 2 atom stereocenters. The Morgan fingerprint density at radius 3 is 2.36 bits per heavy atom. The first-order chi connectivity index (χ1) is 6.70. The molecule has 14 heavy (non-hydrogen) atoms. The Labute approximate surface area is 98.4 Å². The third-order valence-corrected chi connectivity index (χ3v) is 5.19. The van der Waals surface area contributed by atoms with Gasteiger partial charge >= 0.3 is 0 Å². The summed E-state index contributed by atoms with van der Waals surface area (Å²) >= 11 is 13.2. The molecule has 0 spiro atoms. The van der Waals surface area contributed by atoms with Crippen molar-refractivity contribution in [2.24, 2.45) is 0 Å². The molecule has 0 N–H and O–H groups in total. The molecule has 2 aliphatic rings. The second kappa shape index (κ2) is 4.50. The van der Waals surface area contributed by atoms with E-state index in [9.17, 15) is 4.79 Å². The van der Waals surface area contributed by atoms with Crippen molar-refractivity contribution in [3.05, 3.63) is 0 Å². The first kappa shape index (κ1) is 10.9. The molecule has 2 fully saturated rings. The van der Waals surface area contributed by atoms with E-state index in [1.807, 2.05) is 4.31 Å². The Balaban J connectivity index is 2.00. The van der Waals surface area contributed by atoms with Crippen LogP contribution in [0.3, 0.4) is 0 Å². The number of hydrogen-bond donors (Lipinski definition) is 0. The highest BCUT2D eigenvalue weighted by molar-refractivity contribution is 8.00. The molecule has 0 aromatic heterocycles. The first-order valence-corrected chi connectivity index (χ1v) is 6.69. The van der Waals surface area contributed by atoms with Gasteiger partial charge in [-0.3, -0.25) is 9.10 Å². The number of carbonyl (C=O) groups is 1. The fraction of sp³-hybridized carbons (Fsp3) is 0.889. The van der Waals surface area contributed by atoms with Gasteiger partial charge in [-0.05, 0) is 24.8 Å². The van der Waals surface area contributed by atoms with Crippen molar-refractivity contribution in [2.75, 3.05) is 0 Å². The van der Waals surface area contributed by atoms with E-state index >= 15 is 0 Å². The summed E-state index contributed by atoms with van der Waals surface area (Å²) in [6.45, 7) is 0. The van der Waals surface area contributed by atoms with Crippen LogP contribution < -0.4 is 0 Å². The van der Waals surface area contributed by atoms with Crippen LogP contribution in [0.5, 0.6) is 0 Å². The summed E-state index contributed by atoms with van der Waals surface area (Å²) < 4.78 is 1.53. The third-order valence-electron chi connectivity index (χ3n) is 2.80. The van der Waals surface area contributed by atoms with Crippen molar-refractivity contribution >= 4 is 41.1 Å². The van der Waals surface area contributed by atoms with Gasteiger partial charge < -0.3 is 0 Å². The minimum Gasteiger partial charge on any atom is -0.281 e. The molecule has 80 valence electrons. The van der Waals surface area contributed by atoms with E-state index in [4.69, 9.17) is 23.2 Å². The zero-order valence-corrected chi connectivity index (χ0v) is 10.1. The summed E-state index contributed by atoms with van der Waals surface area (Å²) in [7, 11) is 0. The van der Waals surface area contributed by atoms with Gasteiger partial charge in [-0.1, -0.05) is 19.3 Å². The normalized spacial score (nSPS) is 35.3. The topological polar surface area (TPSA) is 20.3 Å². The van der Waals surface area contributed by atoms with E-state index in [1.165, 1.54) is 31.2 Å². The van der Waals surface area contributed by atoms with Gasteiger partial charge in [0.1, 0.15) is 10.1 Å².